The molecule has 0 aliphatic heterocycles. The summed E-state index contributed by atoms with van der Waals surface area (Å²) in [5.41, 5.74) is -1.93. The lowest BCUT2D eigenvalue weighted by Gasteiger charge is -2.64. The predicted octanol–water partition coefficient (Wildman–Crippen LogP) is 7.67. The van der Waals surface area contributed by atoms with Gasteiger partial charge in [-0.3, -0.25) is 9.59 Å². The Balaban J connectivity index is 1.59. The minimum Gasteiger partial charge on any atom is -0.462 e. The highest BCUT2D eigenvalue weighted by Crippen LogP contribution is 2.70. The first-order valence-electron chi connectivity index (χ1n) is 14.8. The highest BCUT2D eigenvalue weighted by atomic mass is 19.1. The summed E-state index contributed by atoms with van der Waals surface area (Å²) < 4.78 is 28.6. The van der Waals surface area contributed by atoms with Crippen LogP contribution in [0.5, 0.6) is 0 Å². The van der Waals surface area contributed by atoms with E-state index in [1.807, 2.05) is 0 Å². The molecule has 5 heteroatoms. The number of esters is 2. The molecule has 4 aliphatic carbocycles. The van der Waals surface area contributed by atoms with Crippen molar-refractivity contribution in [2.75, 3.05) is 0 Å². The molecule has 0 amide bonds. The van der Waals surface area contributed by atoms with Crippen molar-refractivity contribution in [2.45, 2.75) is 137 Å². The maximum Gasteiger partial charge on any atom is 0.303 e. The SMILES string of the molecule is CC(=O)O[C@H]1CC[C@]2(C)[C@H]3CC[C@]4(C)[C@@H]([C@H](C)CCCC(C)C)CC[C@H]4[C@@H]3C[C@H](OC(C)=O)[C@@]2(F)C1. The van der Waals surface area contributed by atoms with E-state index in [0.29, 0.717) is 42.4 Å². The smallest absolute Gasteiger partial charge is 0.303 e. The monoisotopic (exact) mass is 506 g/mol. The molecule has 0 saturated heterocycles. The average molecular weight is 507 g/mol. The van der Waals surface area contributed by atoms with Gasteiger partial charge in [-0.05, 0) is 85.9 Å². The molecule has 0 N–H and O–H groups in total. The summed E-state index contributed by atoms with van der Waals surface area (Å²) in [6, 6.07) is 0. The minimum absolute atomic E-state index is 0.141. The van der Waals surface area contributed by atoms with Gasteiger partial charge in [-0.1, -0.05) is 53.9 Å². The second-order valence-electron chi connectivity index (χ2n) is 14.0. The Morgan fingerprint density at radius 2 is 1.61 bits per heavy atom. The Labute approximate surface area is 218 Å². The van der Waals surface area contributed by atoms with Gasteiger partial charge in [0.1, 0.15) is 12.2 Å². The van der Waals surface area contributed by atoms with E-state index >= 15 is 4.39 Å². The maximum absolute atomic E-state index is 17.3. The third kappa shape index (κ3) is 4.75. The molecule has 4 saturated carbocycles. The van der Waals surface area contributed by atoms with Gasteiger partial charge in [0, 0.05) is 25.7 Å². The van der Waals surface area contributed by atoms with Gasteiger partial charge in [0.2, 0.25) is 0 Å². The minimum atomic E-state index is -1.66. The normalized spacial score (nSPS) is 44.8. The van der Waals surface area contributed by atoms with Crippen LogP contribution in [0, 0.1) is 46.3 Å². The quantitative estimate of drug-likeness (QED) is 0.332. The van der Waals surface area contributed by atoms with Gasteiger partial charge >= 0.3 is 11.9 Å². The highest BCUT2D eigenvalue weighted by molar-refractivity contribution is 5.66. The zero-order valence-electron chi connectivity index (χ0n) is 23.9. The van der Waals surface area contributed by atoms with Crippen LogP contribution in [0.15, 0.2) is 0 Å². The summed E-state index contributed by atoms with van der Waals surface area (Å²) in [5, 5.41) is 0. The molecule has 0 aromatic heterocycles. The zero-order chi connectivity index (χ0) is 26.5. The molecule has 0 spiro atoms. The summed E-state index contributed by atoms with van der Waals surface area (Å²) in [5.74, 6) is 2.69. The molecule has 0 heterocycles. The van der Waals surface area contributed by atoms with Crippen LogP contribution in [0.25, 0.3) is 0 Å². The van der Waals surface area contributed by atoms with E-state index in [1.54, 1.807) is 0 Å². The second kappa shape index (κ2) is 10.2. The molecule has 0 unspecified atom stereocenters. The molecular weight excluding hydrogens is 455 g/mol. The first-order chi connectivity index (χ1) is 16.8. The Hall–Kier alpha value is -1.13. The fourth-order valence-corrected chi connectivity index (χ4v) is 9.87. The first kappa shape index (κ1) is 27.9. The van der Waals surface area contributed by atoms with E-state index in [2.05, 4.69) is 34.6 Å². The molecule has 206 valence electrons. The van der Waals surface area contributed by atoms with Crippen molar-refractivity contribution in [3.05, 3.63) is 0 Å². The van der Waals surface area contributed by atoms with E-state index in [4.69, 9.17) is 9.47 Å². The zero-order valence-corrected chi connectivity index (χ0v) is 23.9. The van der Waals surface area contributed by atoms with Crippen molar-refractivity contribution in [2.24, 2.45) is 46.3 Å². The molecule has 0 aromatic rings. The molecule has 4 fully saturated rings. The predicted molar refractivity (Wildman–Crippen MR) is 140 cm³/mol. The molecule has 36 heavy (non-hydrogen) atoms. The van der Waals surface area contributed by atoms with Gasteiger partial charge in [-0.2, -0.15) is 0 Å². The van der Waals surface area contributed by atoms with Crippen molar-refractivity contribution in [1.82, 2.24) is 0 Å². The highest BCUT2D eigenvalue weighted by Gasteiger charge is 2.70. The topological polar surface area (TPSA) is 52.6 Å². The van der Waals surface area contributed by atoms with E-state index in [9.17, 15) is 9.59 Å². The number of halogens is 1. The van der Waals surface area contributed by atoms with Crippen LogP contribution in [0.3, 0.4) is 0 Å². The van der Waals surface area contributed by atoms with Crippen LogP contribution in [0.2, 0.25) is 0 Å². The lowest BCUT2D eigenvalue weighted by Crippen LogP contribution is -2.67. The summed E-state index contributed by atoms with van der Waals surface area (Å²) in [6.45, 7) is 14.5. The van der Waals surface area contributed by atoms with Gasteiger partial charge < -0.3 is 9.47 Å². The van der Waals surface area contributed by atoms with Gasteiger partial charge in [-0.15, -0.1) is 0 Å². The number of ether oxygens (including phenoxy) is 2. The summed E-state index contributed by atoms with van der Waals surface area (Å²) in [4.78, 5) is 23.8. The largest absolute Gasteiger partial charge is 0.462 e. The summed E-state index contributed by atoms with van der Waals surface area (Å²) in [6.07, 6.45) is 9.56. The second-order valence-corrected chi connectivity index (χ2v) is 14.0. The Morgan fingerprint density at radius 1 is 0.917 bits per heavy atom. The number of carbonyl (C=O) groups excluding carboxylic acids is 2. The fraction of sp³-hybridized carbons (Fsp3) is 0.935. The van der Waals surface area contributed by atoms with Gasteiger partial charge in [0.25, 0.3) is 0 Å². The number of hydrogen-bond acceptors (Lipinski definition) is 4. The molecule has 0 aromatic carbocycles. The Bertz CT molecular complexity index is 827. The van der Waals surface area contributed by atoms with Gasteiger partial charge in [-0.25, -0.2) is 4.39 Å². The van der Waals surface area contributed by atoms with Crippen molar-refractivity contribution in [3.63, 3.8) is 0 Å². The fourth-order valence-electron chi connectivity index (χ4n) is 9.87. The van der Waals surface area contributed by atoms with E-state index in [-0.39, 0.29) is 12.4 Å². The van der Waals surface area contributed by atoms with E-state index in [0.717, 1.165) is 24.2 Å². The Morgan fingerprint density at radius 3 is 2.25 bits per heavy atom. The lowest BCUT2D eigenvalue weighted by atomic mass is 9.42. The summed E-state index contributed by atoms with van der Waals surface area (Å²) in [7, 11) is 0. The number of carbonyl (C=O) groups is 2. The molecule has 0 bridgehead atoms. The van der Waals surface area contributed by atoms with Crippen molar-refractivity contribution >= 4 is 11.9 Å². The average Bonchev–Trinajstić information content (AvgIpc) is 3.12. The van der Waals surface area contributed by atoms with E-state index < -0.39 is 29.3 Å². The van der Waals surface area contributed by atoms with Crippen LogP contribution in [0.1, 0.15) is 119 Å². The van der Waals surface area contributed by atoms with Crippen molar-refractivity contribution in [1.29, 1.82) is 0 Å². The molecule has 10 atom stereocenters. The molecule has 4 aliphatic rings. The van der Waals surface area contributed by atoms with E-state index in [1.165, 1.54) is 52.4 Å². The third-order valence-electron chi connectivity index (χ3n) is 11.6. The van der Waals surface area contributed by atoms with Crippen molar-refractivity contribution in [3.8, 4) is 0 Å². The number of hydrogen-bond donors (Lipinski definition) is 0. The number of rotatable bonds is 7. The molecule has 4 rings (SSSR count). The number of alkyl halides is 1. The first-order valence-corrected chi connectivity index (χ1v) is 14.8. The third-order valence-corrected chi connectivity index (χ3v) is 11.6. The van der Waals surface area contributed by atoms with Crippen molar-refractivity contribution < 1.29 is 23.5 Å². The van der Waals surface area contributed by atoms with Gasteiger partial charge in [0.15, 0.2) is 5.67 Å². The number of fused-ring (bicyclic) bond motifs is 5. The van der Waals surface area contributed by atoms with Crippen LogP contribution in [0.4, 0.5) is 4.39 Å². The molecule has 4 nitrogen and oxygen atoms in total. The van der Waals surface area contributed by atoms with Crippen LogP contribution >= 0.6 is 0 Å². The van der Waals surface area contributed by atoms with Crippen LogP contribution < -0.4 is 0 Å². The van der Waals surface area contributed by atoms with Crippen LogP contribution in [-0.4, -0.2) is 29.8 Å². The van der Waals surface area contributed by atoms with Gasteiger partial charge in [0.05, 0.1) is 0 Å². The Kier molecular flexibility index (Phi) is 7.91. The molecular formula is C31H51FO4. The maximum atomic E-state index is 17.3. The van der Waals surface area contributed by atoms with Crippen LogP contribution in [-0.2, 0) is 19.1 Å². The molecule has 0 radical (unpaired) electrons. The standard InChI is InChI=1S/C31H51FO4/c1-19(2)9-8-10-20(3)25-11-12-26-24-17-28(36-22(5)34)31(32)18-23(35-21(4)33)13-16-30(31,7)27(24)14-15-29(25,26)6/h19-20,23-28H,8-18H2,1-7H3/t20-,23+,24+,25-,26+,27+,28+,29-,30-,31+/m1/s1. The summed E-state index contributed by atoms with van der Waals surface area (Å²) >= 11 is 0. The lowest BCUT2D eigenvalue weighted by molar-refractivity contribution is -0.243.